The molecule has 7 nitrogen and oxygen atoms in total. The van der Waals surface area contributed by atoms with Crippen LogP contribution in [0.15, 0.2) is 30.3 Å². The van der Waals surface area contributed by atoms with Gasteiger partial charge in [-0.25, -0.2) is 19.2 Å². The number of alkyl halides is 3. The van der Waals surface area contributed by atoms with E-state index in [0.717, 1.165) is 29.5 Å². The number of benzene rings is 2. The fourth-order valence-corrected chi connectivity index (χ4v) is 3.63. The van der Waals surface area contributed by atoms with Crippen LogP contribution in [0.5, 0.6) is 5.75 Å². The van der Waals surface area contributed by atoms with Crippen LogP contribution in [0.2, 0.25) is 0 Å². The number of anilines is 2. The molecule has 0 aliphatic rings. The zero-order chi connectivity index (χ0) is 20.9. The molecule has 150 valence electrons. The minimum atomic E-state index is -4.80. The first-order chi connectivity index (χ1) is 13.6. The van der Waals surface area contributed by atoms with Crippen molar-refractivity contribution in [1.82, 2.24) is 14.5 Å². The lowest BCUT2D eigenvalue weighted by Gasteiger charge is -2.07. The quantitative estimate of drug-likeness (QED) is 0.462. The fraction of sp³-hybridized carbons (Fsp3) is 0.118. The molecule has 0 amide bonds. The van der Waals surface area contributed by atoms with Crippen molar-refractivity contribution in [3.05, 3.63) is 41.7 Å². The third-order valence-electron chi connectivity index (χ3n) is 4.01. The van der Waals surface area contributed by atoms with Crippen LogP contribution < -0.4 is 10.1 Å². The number of carbonyl (C=O) groups is 1. The van der Waals surface area contributed by atoms with Gasteiger partial charge in [0.05, 0.1) is 26.8 Å². The molecule has 29 heavy (non-hydrogen) atoms. The second-order valence-corrected chi connectivity index (χ2v) is 6.97. The second kappa shape index (κ2) is 6.58. The molecule has 4 rings (SSSR count). The third-order valence-corrected chi connectivity index (χ3v) is 4.95. The van der Waals surface area contributed by atoms with Gasteiger partial charge in [-0.05, 0) is 18.2 Å². The molecule has 4 aromatic rings. The lowest BCUT2D eigenvalue weighted by Crippen LogP contribution is -2.16. The van der Waals surface area contributed by atoms with Gasteiger partial charge in [-0.1, -0.05) is 11.3 Å². The molecule has 0 saturated heterocycles. The van der Waals surface area contributed by atoms with Gasteiger partial charge in [0.25, 0.3) is 0 Å². The van der Waals surface area contributed by atoms with E-state index < -0.39 is 23.7 Å². The molecule has 0 aliphatic carbocycles. The molecule has 12 heteroatoms. The van der Waals surface area contributed by atoms with Crippen LogP contribution in [0.1, 0.15) is 10.4 Å². The number of carboxylic acids is 1. The average Bonchev–Trinajstić information content (AvgIpc) is 3.14. The number of thiazole rings is 1. The summed E-state index contributed by atoms with van der Waals surface area (Å²) in [4.78, 5) is 19.6. The summed E-state index contributed by atoms with van der Waals surface area (Å²) >= 11 is 1.07. The Morgan fingerprint density at radius 1 is 1.21 bits per heavy atom. The number of nitrogens with one attached hydrogen (secondary N) is 1. The molecule has 2 N–H and O–H groups in total. The van der Waals surface area contributed by atoms with Crippen LogP contribution in [-0.4, -0.2) is 32.0 Å². The normalized spacial score (nSPS) is 11.9. The molecule has 2 aromatic carbocycles. The molecule has 0 saturated carbocycles. The summed E-state index contributed by atoms with van der Waals surface area (Å²) in [6.07, 6.45) is -4.80. The molecule has 2 aromatic heterocycles. The number of carboxylic acid groups (broad SMARTS) is 1. The van der Waals surface area contributed by atoms with Gasteiger partial charge in [0.1, 0.15) is 11.6 Å². The Morgan fingerprint density at radius 3 is 2.66 bits per heavy atom. The van der Waals surface area contributed by atoms with Crippen molar-refractivity contribution in [2.45, 2.75) is 6.36 Å². The first-order valence-electron chi connectivity index (χ1n) is 7.93. The molecule has 0 unspecified atom stereocenters. The molecular weight excluding hydrogens is 416 g/mol. The Kier molecular flexibility index (Phi) is 4.30. The van der Waals surface area contributed by atoms with Crippen molar-refractivity contribution in [3.8, 4) is 5.75 Å². The topological polar surface area (TPSA) is 89.3 Å². The lowest BCUT2D eigenvalue weighted by molar-refractivity contribution is -0.274. The highest BCUT2D eigenvalue weighted by molar-refractivity contribution is 7.22. The molecule has 0 spiro atoms. The van der Waals surface area contributed by atoms with E-state index in [1.54, 1.807) is 7.05 Å². The number of aromatic carboxylic acids is 1. The van der Waals surface area contributed by atoms with E-state index >= 15 is 0 Å². The molecule has 2 heterocycles. The van der Waals surface area contributed by atoms with E-state index in [1.807, 2.05) is 0 Å². The van der Waals surface area contributed by atoms with Crippen LogP contribution in [-0.2, 0) is 7.05 Å². The van der Waals surface area contributed by atoms with Gasteiger partial charge in [-0.3, -0.25) is 0 Å². The first-order valence-corrected chi connectivity index (χ1v) is 8.75. The van der Waals surface area contributed by atoms with Crippen molar-refractivity contribution in [2.75, 3.05) is 5.32 Å². The predicted molar refractivity (Wildman–Crippen MR) is 97.2 cm³/mol. The van der Waals surface area contributed by atoms with Gasteiger partial charge in [0.2, 0.25) is 5.95 Å². The Bertz CT molecular complexity index is 1270. The summed E-state index contributed by atoms with van der Waals surface area (Å²) in [7, 11) is 1.60. The van der Waals surface area contributed by atoms with E-state index in [9.17, 15) is 22.4 Å². The Morgan fingerprint density at radius 2 is 1.97 bits per heavy atom. The van der Waals surface area contributed by atoms with Gasteiger partial charge in [0.15, 0.2) is 5.13 Å². The van der Waals surface area contributed by atoms with Crippen molar-refractivity contribution >= 4 is 49.6 Å². The minimum absolute atomic E-state index is 0.257. The number of hydrogen-bond acceptors (Lipinski definition) is 6. The summed E-state index contributed by atoms with van der Waals surface area (Å²) in [5.74, 6) is -2.41. The monoisotopic (exact) mass is 426 g/mol. The number of rotatable bonds is 4. The average molecular weight is 426 g/mol. The summed E-state index contributed by atoms with van der Waals surface area (Å²) in [6.45, 7) is 0. The third kappa shape index (κ3) is 3.66. The number of hydrogen-bond donors (Lipinski definition) is 2. The highest BCUT2D eigenvalue weighted by atomic mass is 32.1. The number of aryl methyl sites for hydroxylation is 1. The maximum Gasteiger partial charge on any atom is 0.573 e. The Balaban J connectivity index is 1.68. The van der Waals surface area contributed by atoms with Crippen molar-refractivity contribution in [3.63, 3.8) is 0 Å². The second-order valence-electron chi connectivity index (χ2n) is 5.94. The summed E-state index contributed by atoms with van der Waals surface area (Å²) in [5.41, 5.74) is 0.567. The van der Waals surface area contributed by atoms with Crippen molar-refractivity contribution in [2.24, 2.45) is 7.05 Å². The smallest absolute Gasteiger partial charge is 0.478 e. The number of ether oxygens (including phenoxy) is 1. The van der Waals surface area contributed by atoms with E-state index in [0.29, 0.717) is 20.9 Å². The fourth-order valence-electron chi connectivity index (χ4n) is 2.74. The zero-order valence-electron chi connectivity index (χ0n) is 14.4. The summed E-state index contributed by atoms with van der Waals surface area (Å²) < 4.78 is 56.9. The molecule has 0 fully saturated rings. The van der Waals surface area contributed by atoms with Gasteiger partial charge < -0.3 is 19.7 Å². The molecule has 0 atom stereocenters. The number of nitrogens with zero attached hydrogens (tertiary/aromatic N) is 3. The molecule has 0 aliphatic heterocycles. The lowest BCUT2D eigenvalue weighted by atomic mass is 10.2. The standard InChI is InChI=1S/C17H10F4N4O3S/c1-25-12-6-9(18)8(14(26)27)5-11(12)22-15(25)24-16-23-10-3-2-7(4-13(10)29-16)28-17(19,20)21/h2-6H,1H3,(H,26,27)(H,22,23,24). The van der Waals surface area contributed by atoms with E-state index in [2.05, 4.69) is 20.0 Å². The number of halogens is 4. The molecule has 0 bridgehead atoms. The first kappa shape index (κ1) is 18.9. The predicted octanol–water partition coefficient (Wildman–Crippen LogP) is 4.66. The SMILES string of the molecule is Cn1c(Nc2nc3ccc(OC(F)(F)F)cc3s2)nc2cc(C(=O)O)c(F)cc21. The Hall–Kier alpha value is -3.41. The van der Waals surface area contributed by atoms with E-state index in [-0.39, 0.29) is 17.2 Å². The van der Waals surface area contributed by atoms with E-state index in [4.69, 9.17) is 5.11 Å². The number of imidazole rings is 1. The van der Waals surface area contributed by atoms with Gasteiger partial charge in [-0.15, -0.1) is 13.2 Å². The summed E-state index contributed by atoms with van der Waals surface area (Å²) in [6, 6.07) is 5.95. The van der Waals surface area contributed by atoms with Crippen molar-refractivity contribution < 1.29 is 32.2 Å². The molecule has 0 radical (unpaired) electrons. The maximum atomic E-state index is 13.9. The van der Waals surface area contributed by atoms with E-state index in [1.165, 1.54) is 16.7 Å². The number of aromatic nitrogens is 3. The molecular formula is C17H10F4N4O3S. The Labute approximate surface area is 163 Å². The zero-order valence-corrected chi connectivity index (χ0v) is 15.2. The van der Waals surface area contributed by atoms with Crippen LogP contribution >= 0.6 is 11.3 Å². The minimum Gasteiger partial charge on any atom is -0.478 e. The number of fused-ring (bicyclic) bond motifs is 2. The van der Waals surface area contributed by atoms with Crippen LogP contribution in [0.25, 0.3) is 21.3 Å². The van der Waals surface area contributed by atoms with Gasteiger partial charge >= 0.3 is 12.3 Å². The highest BCUT2D eigenvalue weighted by Gasteiger charge is 2.31. The highest BCUT2D eigenvalue weighted by Crippen LogP contribution is 2.33. The van der Waals surface area contributed by atoms with Crippen LogP contribution in [0.4, 0.5) is 28.6 Å². The summed E-state index contributed by atoms with van der Waals surface area (Å²) in [5, 5.41) is 12.3. The van der Waals surface area contributed by atoms with Gasteiger partial charge in [-0.2, -0.15) is 0 Å². The van der Waals surface area contributed by atoms with Crippen LogP contribution in [0.3, 0.4) is 0 Å². The maximum absolute atomic E-state index is 13.9. The van der Waals surface area contributed by atoms with Crippen molar-refractivity contribution in [1.29, 1.82) is 0 Å². The van der Waals surface area contributed by atoms with Gasteiger partial charge in [0, 0.05) is 19.2 Å². The largest absolute Gasteiger partial charge is 0.573 e. The van der Waals surface area contributed by atoms with Crippen LogP contribution in [0, 0.1) is 5.82 Å².